The van der Waals surface area contributed by atoms with Crippen LogP contribution in [0.5, 0.6) is 5.88 Å². The molecule has 8 heteroatoms. The SMILES string of the molecule is CCCNc1cc(OCC(F)(F)F)nc(COCC)n1. The van der Waals surface area contributed by atoms with E-state index in [0.29, 0.717) is 19.0 Å². The first-order valence-corrected chi connectivity index (χ1v) is 6.33. The number of rotatable bonds is 8. The summed E-state index contributed by atoms with van der Waals surface area (Å²) in [5.74, 6) is 0.587. The van der Waals surface area contributed by atoms with Crippen molar-refractivity contribution in [3.8, 4) is 5.88 Å². The van der Waals surface area contributed by atoms with Crippen LogP contribution in [0.1, 0.15) is 26.1 Å². The predicted octanol–water partition coefficient (Wildman–Crippen LogP) is 2.78. The van der Waals surface area contributed by atoms with Crippen LogP contribution in [-0.2, 0) is 11.3 Å². The van der Waals surface area contributed by atoms with Crippen LogP contribution in [0, 0.1) is 0 Å². The summed E-state index contributed by atoms with van der Waals surface area (Å²) >= 11 is 0. The fraction of sp³-hybridized carbons (Fsp3) is 0.667. The zero-order chi connectivity index (χ0) is 15.0. The van der Waals surface area contributed by atoms with E-state index < -0.39 is 12.8 Å². The third-order valence-corrected chi connectivity index (χ3v) is 2.12. The maximum atomic E-state index is 12.1. The van der Waals surface area contributed by atoms with Crippen molar-refractivity contribution < 1.29 is 22.6 Å². The van der Waals surface area contributed by atoms with Gasteiger partial charge in [-0.1, -0.05) is 6.92 Å². The first-order valence-electron chi connectivity index (χ1n) is 6.33. The van der Waals surface area contributed by atoms with Crippen LogP contribution in [-0.4, -0.2) is 35.9 Å². The molecule has 0 aromatic carbocycles. The Morgan fingerprint density at radius 2 is 2.00 bits per heavy atom. The van der Waals surface area contributed by atoms with Crippen LogP contribution in [0.15, 0.2) is 6.07 Å². The van der Waals surface area contributed by atoms with E-state index in [9.17, 15) is 13.2 Å². The number of anilines is 1. The molecule has 0 saturated heterocycles. The number of aromatic nitrogens is 2. The molecule has 0 atom stereocenters. The van der Waals surface area contributed by atoms with Gasteiger partial charge in [-0.3, -0.25) is 0 Å². The van der Waals surface area contributed by atoms with Crippen LogP contribution in [0.2, 0.25) is 0 Å². The third kappa shape index (κ3) is 6.55. The average molecular weight is 293 g/mol. The minimum absolute atomic E-state index is 0.120. The molecule has 1 rings (SSSR count). The molecule has 0 aliphatic heterocycles. The van der Waals surface area contributed by atoms with Crippen LogP contribution < -0.4 is 10.1 Å². The summed E-state index contributed by atoms with van der Waals surface area (Å²) in [4.78, 5) is 8.03. The summed E-state index contributed by atoms with van der Waals surface area (Å²) in [7, 11) is 0. The van der Waals surface area contributed by atoms with Gasteiger partial charge in [-0.15, -0.1) is 0 Å². The molecule has 0 bridgehead atoms. The Bertz CT molecular complexity index is 387. The van der Waals surface area contributed by atoms with Gasteiger partial charge in [-0.05, 0) is 13.3 Å². The Morgan fingerprint density at radius 3 is 2.60 bits per heavy atom. The molecule has 0 amide bonds. The van der Waals surface area contributed by atoms with E-state index in [1.807, 2.05) is 6.92 Å². The minimum atomic E-state index is -4.40. The molecule has 1 N–H and O–H groups in total. The van der Waals surface area contributed by atoms with E-state index in [0.717, 1.165) is 6.42 Å². The van der Waals surface area contributed by atoms with Gasteiger partial charge in [-0.25, -0.2) is 4.98 Å². The van der Waals surface area contributed by atoms with Crippen molar-refractivity contribution in [3.63, 3.8) is 0 Å². The van der Waals surface area contributed by atoms with Gasteiger partial charge in [0, 0.05) is 19.2 Å². The minimum Gasteiger partial charge on any atom is -0.468 e. The summed E-state index contributed by atoms with van der Waals surface area (Å²) in [6.07, 6.45) is -3.54. The Hall–Kier alpha value is -1.57. The lowest BCUT2D eigenvalue weighted by molar-refractivity contribution is -0.154. The highest BCUT2D eigenvalue weighted by Gasteiger charge is 2.28. The molecular formula is C12H18F3N3O2. The number of ether oxygens (including phenoxy) is 2. The van der Waals surface area contributed by atoms with Gasteiger partial charge in [0.1, 0.15) is 12.4 Å². The predicted molar refractivity (Wildman–Crippen MR) is 67.7 cm³/mol. The summed E-state index contributed by atoms with van der Waals surface area (Å²) in [6.45, 7) is 3.64. The molecular weight excluding hydrogens is 275 g/mol. The van der Waals surface area contributed by atoms with E-state index in [-0.39, 0.29) is 18.3 Å². The smallest absolute Gasteiger partial charge is 0.422 e. The summed E-state index contributed by atoms with van der Waals surface area (Å²) < 4.78 is 46.2. The first-order chi connectivity index (χ1) is 9.44. The molecule has 0 aliphatic rings. The topological polar surface area (TPSA) is 56.3 Å². The van der Waals surface area contributed by atoms with Crippen molar-refractivity contribution in [2.24, 2.45) is 0 Å². The quantitative estimate of drug-likeness (QED) is 0.798. The second-order valence-electron chi connectivity index (χ2n) is 3.98. The van der Waals surface area contributed by atoms with E-state index in [4.69, 9.17) is 4.74 Å². The number of hydrogen-bond acceptors (Lipinski definition) is 5. The van der Waals surface area contributed by atoms with Crippen molar-refractivity contribution in [1.82, 2.24) is 9.97 Å². The fourth-order valence-corrected chi connectivity index (χ4v) is 1.30. The highest BCUT2D eigenvalue weighted by atomic mass is 19.4. The second kappa shape index (κ2) is 7.88. The number of nitrogens with one attached hydrogen (secondary N) is 1. The van der Waals surface area contributed by atoms with E-state index in [1.54, 1.807) is 6.92 Å². The van der Waals surface area contributed by atoms with Gasteiger partial charge >= 0.3 is 6.18 Å². The van der Waals surface area contributed by atoms with Crippen LogP contribution in [0.4, 0.5) is 19.0 Å². The molecule has 0 spiro atoms. The number of hydrogen-bond donors (Lipinski definition) is 1. The Morgan fingerprint density at radius 1 is 1.25 bits per heavy atom. The average Bonchev–Trinajstić information content (AvgIpc) is 2.40. The number of halogens is 3. The summed E-state index contributed by atoms with van der Waals surface area (Å²) in [5, 5.41) is 2.98. The molecule has 0 saturated carbocycles. The second-order valence-corrected chi connectivity index (χ2v) is 3.98. The largest absolute Gasteiger partial charge is 0.468 e. The molecule has 1 aromatic rings. The first kappa shape index (κ1) is 16.5. The zero-order valence-corrected chi connectivity index (χ0v) is 11.5. The summed E-state index contributed by atoms with van der Waals surface area (Å²) in [5.41, 5.74) is 0. The maximum Gasteiger partial charge on any atom is 0.422 e. The monoisotopic (exact) mass is 293 g/mol. The van der Waals surface area contributed by atoms with Crippen molar-refractivity contribution in [2.45, 2.75) is 33.1 Å². The standard InChI is InChI=1S/C12H18F3N3O2/c1-3-5-16-9-6-11(20-8-12(13,14)15)18-10(17-9)7-19-4-2/h6H,3-5,7-8H2,1-2H3,(H,16,17,18). The van der Waals surface area contributed by atoms with E-state index >= 15 is 0 Å². The lowest BCUT2D eigenvalue weighted by Crippen LogP contribution is -2.20. The fourth-order valence-electron chi connectivity index (χ4n) is 1.30. The van der Waals surface area contributed by atoms with Gasteiger partial charge in [0.15, 0.2) is 12.4 Å². The molecule has 114 valence electrons. The van der Waals surface area contributed by atoms with Crippen molar-refractivity contribution in [1.29, 1.82) is 0 Å². The van der Waals surface area contributed by atoms with Crippen molar-refractivity contribution in [3.05, 3.63) is 11.9 Å². The molecule has 1 aromatic heterocycles. The summed E-state index contributed by atoms with van der Waals surface area (Å²) in [6, 6.07) is 1.34. The van der Waals surface area contributed by atoms with Gasteiger partial charge in [0.05, 0.1) is 0 Å². The number of nitrogens with zero attached hydrogens (tertiary/aromatic N) is 2. The molecule has 0 radical (unpaired) electrons. The highest BCUT2D eigenvalue weighted by molar-refractivity contribution is 5.38. The highest BCUT2D eigenvalue weighted by Crippen LogP contribution is 2.19. The zero-order valence-electron chi connectivity index (χ0n) is 11.5. The van der Waals surface area contributed by atoms with Crippen LogP contribution in [0.25, 0.3) is 0 Å². The van der Waals surface area contributed by atoms with E-state index in [2.05, 4.69) is 20.0 Å². The van der Waals surface area contributed by atoms with Gasteiger partial charge in [-0.2, -0.15) is 18.2 Å². The van der Waals surface area contributed by atoms with E-state index in [1.165, 1.54) is 6.07 Å². The van der Waals surface area contributed by atoms with Gasteiger partial charge < -0.3 is 14.8 Å². The molecule has 0 unspecified atom stereocenters. The maximum absolute atomic E-state index is 12.1. The molecule has 5 nitrogen and oxygen atoms in total. The molecule has 20 heavy (non-hydrogen) atoms. The van der Waals surface area contributed by atoms with Crippen molar-refractivity contribution in [2.75, 3.05) is 25.1 Å². The Balaban J connectivity index is 2.79. The lowest BCUT2D eigenvalue weighted by Gasteiger charge is -2.11. The van der Waals surface area contributed by atoms with Gasteiger partial charge in [0.2, 0.25) is 5.88 Å². The Labute approximate surface area is 115 Å². The number of alkyl halides is 3. The third-order valence-electron chi connectivity index (χ3n) is 2.12. The molecule has 0 fully saturated rings. The molecule has 0 aliphatic carbocycles. The van der Waals surface area contributed by atoms with Gasteiger partial charge in [0.25, 0.3) is 0 Å². The van der Waals surface area contributed by atoms with Crippen LogP contribution >= 0.6 is 0 Å². The Kier molecular flexibility index (Phi) is 6.50. The molecule has 1 heterocycles. The normalized spacial score (nSPS) is 11.4. The van der Waals surface area contributed by atoms with Crippen molar-refractivity contribution >= 4 is 5.82 Å². The van der Waals surface area contributed by atoms with Crippen LogP contribution in [0.3, 0.4) is 0 Å². The lowest BCUT2D eigenvalue weighted by atomic mass is 10.4.